The number of hydrogen-bond acceptors (Lipinski definition) is 2. The second-order valence-electron chi connectivity index (χ2n) is 6.85. The van der Waals surface area contributed by atoms with Gasteiger partial charge in [-0.05, 0) is 49.4 Å². The third-order valence-electron chi connectivity index (χ3n) is 5.18. The molecular weight excluding hydrogens is 251 g/mol. The lowest BCUT2D eigenvalue weighted by Gasteiger charge is -2.42. The molecule has 1 fully saturated rings. The minimum absolute atomic E-state index is 0.130. The summed E-state index contributed by atoms with van der Waals surface area (Å²) in [4.78, 5) is 2.36. The summed E-state index contributed by atoms with van der Waals surface area (Å²) < 4.78 is 13.5. The molecule has 2 nitrogen and oxygen atoms in total. The number of nitrogens with two attached hydrogens (primary N) is 1. The average molecular weight is 276 g/mol. The topological polar surface area (TPSA) is 29.3 Å². The Balaban J connectivity index is 1.80. The van der Waals surface area contributed by atoms with E-state index in [1.807, 2.05) is 6.07 Å². The number of anilines is 1. The van der Waals surface area contributed by atoms with Crippen LogP contribution in [0.3, 0.4) is 0 Å². The van der Waals surface area contributed by atoms with Crippen molar-refractivity contribution in [2.75, 3.05) is 24.5 Å². The molecule has 0 amide bonds. The van der Waals surface area contributed by atoms with Gasteiger partial charge in [0, 0.05) is 24.2 Å². The summed E-state index contributed by atoms with van der Waals surface area (Å²) in [5.74, 6) is 0.636. The van der Waals surface area contributed by atoms with Crippen molar-refractivity contribution in [3.05, 3.63) is 29.6 Å². The molecule has 0 spiro atoms. The van der Waals surface area contributed by atoms with Crippen LogP contribution in [-0.4, -0.2) is 19.6 Å². The Labute approximate surface area is 121 Å². The lowest BCUT2D eigenvalue weighted by Crippen LogP contribution is -2.45. The SMILES string of the molecule is CC1CCCC(CN)(CN2CCc3ccc(F)cc32)C1. The van der Waals surface area contributed by atoms with Gasteiger partial charge in [-0.3, -0.25) is 0 Å². The average Bonchev–Trinajstić information content (AvgIpc) is 2.81. The van der Waals surface area contributed by atoms with Gasteiger partial charge in [0.05, 0.1) is 0 Å². The number of benzene rings is 1. The zero-order valence-corrected chi connectivity index (χ0v) is 12.4. The Hall–Kier alpha value is -1.09. The largest absolute Gasteiger partial charge is 0.370 e. The Morgan fingerprint density at radius 2 is 2.30 bits per heavy atom. The fourth-order valence-electron chi connectivity index (χ4n) is 4.15. The van der Waals surface area contributed by atoms with Crippen LogP contribution >= 0.6 is 0 Å². The van der Waals surface area contributed by atoms with Gasteiger partial charge in [0.25, 0.3) is 0 Å². The molecule has 2 N–H and O–H groups in total. The van der Waals surface area contributed by atoms with Crippen molar-refractivity contribution < 1.29 is 4.39 Å². The Morgan fingerprint density at radius 1 is 1.45 bits per heavy atom. The van der Waals surface area contributed by atoms with Crippen molar-refractivity contribution in [3.8, 4) is 0 Å². The van der Waals surface area contributed by atoms with E-state index in [1.54, 1.807) is 12.1 Å². The quantitative estimate of drug-likeness (QED) is 0.917. The number of rotatable bonds is 3. The summed E-state index contributed by atoms with van der Waals surface area (Å²) in [6.45, 7) is 5.08. The van der Waals surface area contributed by atoms with Crippen LogP contribution in [0.15, 0.2) is 18.2 Å². The van der Waals surface area contributed by atoms with Crippen LogP contribution in [0.5, 0.6) is 0 Å². The summed E-state index contributed by atoms with van der Waals surface area (Å²) in [5, 5.41) is 0. The highest BCUT2D eigenvalue weighted by Gasteiger charge is 2.36. The molecule has 2 unspecified atom stereocenters. The maximum absolute atomic E-state index is 13.5. The Bertz CT molecular complexity index is 488. The highest BCUT2D eigenvalue weighted by atomic mass is 19.1. The first-order valence-corrected chi connectivity index (χ1v) is 7.85. The zero-order chi connectivity index (χ0) is 14.2. The fourth-order valence-corrected chi connectivity index (χ4v) is 4.15. The smallest absolute Gasteiger partial charge is 0.125 e. The van der Waals surface area contributed by atoms with E-state index in [4.69, 9.17) is 5.73 Å². The van der Waals surface area contributed by atoms with Gasteiger partial charge >= 0.3 is 0 Å². The maximum atomic E-state index is 13.5. The van der Waals surface area contributed by atoms with Crippen LogP contribution in [-0.2, 0) is 6.42 Å². The molecule has 1 heterocycles. The molecule has 1 aromatic carbocycles. The highest BCUT2D eigenvalue weighted by molar-refractivity contribution is 5.58. The molecule has 2 atom stereocenters. The summed E-state index contributed by atoms with van der Waals surface area (Å²) >= 11 is 0. The van der Waals surface area contributed by atoms with E-state index in [1.165, 1.54) is 31.2 Å². The van der Waals surface area contributed by atoms with Gasteiger partial charge < -0.3 is 10.6 Å². The number of halogens is 1. The first-order valence-electron chi connectivity index (χ1n) is 7.85. The molecule has 0 radical (unpaired) electrons. The lowest BCUT2D eigenvalue weighted by molar-refractivity contribution is 0.160. The molecular formula is C17H25FN2. The molecule has 110 valence electrons. The molecule has 2 aliphatic rings. The van der Waals surface area contributed by atoms with Gasteiger partial charge in [0.15, 0.2) is 0 Å². The molecule has 0 aromatic heterocycles. The van der Waals surface area contributed by atoms with Gasteiger partial charge in [-0.25, -0.2) is 4.39 Å². The standard InChI is InChI=1S/C17H25FN2/c1-13-3-2-7-17(10-13,11-19)12-20-8-6-14-4-5-15(18)9-16(14)20/h4-5,9,13H,2-3,6-8,10-12,19H2,1H3. The van der Waals surface area contributed by atoms with Crippen molar-refractivity contribution in [1.82, 2.24) is 0 Å². The lowest BCUT2D eigenvalue weighted by atomic mass is 9.69. The minimum atomic E-state index is -0.130. The van der Waals surface area contributed by atoms with Crippen molar-refractivity contribution in [3.63, 3.8) is 0 Å². The molecule has 0 saturated heterocycles. The van der Waals surface area contributed by atoms with Crippen LogP contribution in [0.1, 0.15) is 38.2 Å². The van der Waals surface area contributed by atoms with Crippen molar-refractivity contribution >= 4 is 5.69 Å². The Kier molecular flexibility index (Phi) is 3.72. The van der Waals surface area contributed by atoms with Gasteiger partial charge in [-0.15, -0.1) is 0 Å². The molecule has 20 heavy (non-hydrogen) atoms. The van der Waals surface area contributed by atoms with Gasteiger partial charge in [-0.2, -0.15) is 0 Å². The minimum Gasteiger partial charge on any atom is -0.370 e. The molecule has 3 rings (SSSR count). The van der Waals surface area contributed by atoms with Crippen molar-refractivity contribution in [1.29, 1.82) is 0 Å². The van der Waals surface area contributed by atoms with Crippen molar-refractivity contribution in [2.24, 2.45) is 17.1 Å². The molecule has 1 aliphatic heterocycles. The molecule has 0 bridgehead atoms. The number of nitrogens with zero attached hydrogens (tertiary/aromatic N) is 1. The van der Waals surface area contributed by atoms with E-state index in [-0.39, 0.29) is 11.2 Å². The highest BCUT2D eigenvalue weighted by Crippen LogP contribution is 2.41. The predicted molar refractivity (Wildman–Crippen MR) is 81.4 cm³/mol. The summed E-state index contributed by atoms with van der Waals surface area (Å²) in [5.41, 5.74) is 8.73. The second-order valence-corrected chi connectivity index (χ2v) is 6.85. The monoisotopic (exact) mass is 276 g/mol. The van der Waals surface area contributed by atoms with Crippen LogP contribution in [0.4, 0.5) is 10.1 Å². The van der Waals surface area contributed by atoms with E-state index in [2.05, 4.69) is 11.8 Å². The van der Waals surface area contributed by atoms with Gasteiger partial charge in [0.1, 0.15) is 5.82 Å². The summed E-state index contributed by atoms with van der Waals surface area (Å²) in [6.07, 6.45) is 6.07. The van der Waals surface area contributed by atoms with Crippen molar-refractivity contribution in [2.45, 2.75) is 39.0 Å². The molecule has 1 aromatic rings. The third-order valence-corrected chi connectivity index (χ3v) is 5.18. The van der Waals surface area contributed by atoms with Crippen LogP contribution < -0.4 is 10.6 Å². The van der Waals surface area contributed by atoms with E-state index >= 15 is 0 Å². The first-order chi connectivity index (χ1) is 9.62. The van der Waals surface area contributed by atoms with E-state index < -0.39 is 0 Å². The molecule has 3 heteroatoms. The first kappa shape index (κ1) is 13.9. The number of fused-ring (bicyclic) bond motifs is 1. The van der Waals surface area contributed by atoms with Crippen LogP contribution in [0.2, 0.25) is 0 Å². The molecule has 1 saturated carbocycles. The van der Waals surface area contributed by atoms with E-state index in [9.17, 15) is 4.39 Å². The molecule has 1 aliphatic carbocycles. The summed E-state index contributed by atoms with van der Waals surface area (Å²) in [6, 6.07) is 5.20. The van der Waals surface area contributed by atoms with Gasteiger partial charge in [0.2, 0.25) is 0 Å². The summed E-state index contributed by atoms with van der Waals surface area (Å²) in [7, 11) is 0. The maximum Gasteiger partial charge on any atom is 0.125 e. The normalized spacial score (nSPS) is 29.6. The third kappa shape index (κ3) is 2.56. The van der Waals surface area contributed by atoms with Gasteiger partial charge in [-0.1, -0.05) is 25.8 Å². The number of hydrogen-bond donors (Lipinski definition) is 1. The Morgan fingerprint density at radius 3 is 3.05 bits per heavy atom. The predicted octanol–water partition coefficient (Wildman–Crippen LogP) is 3.34. The van der Waals surface area contributed by atoms with Crippen LogP contribution in [0, 0.1) is 17.2 Å². The zero-order valence-electron chi connectivity index (χ0n) is 12.4. The fraction of sp³-hybridized carbons (Fsp3) is 0.647. The van der Waals surface area contributed by atoms with E-state index in [0.29, 0.717) is 0 Å². The van der Waals surface area contributed by atoms with Crippen LogP contribution in [0.25, 0.3) is 0 Å². The van der Waals surface area contributed by atoms with E-state index in [0.717, 1.165) is 37.7 Å². The second kappa shape index (κ2) is 5.36.